The van der Waals surface area contributed by atoms with E-state index in [4.69, 9.17) is 4.74 Å². The van der Waals surface area contributed by atoms with Gasteiger partial charge in [0.2, 0.25) is 5.91 Å². The lowest BCUT2D eigenvalue weighted by atomic mass is 10.1. The summed E-state index contributed by atoms with van der Waals surface area (Å²) < 4.78 is 5.48. The molecule has 2 atom stereocenters. The maximum absolute atomic E-state index is 12.2. The van der Waals surface area contributed by atoms with Gasteiger partial charge in [0.1, 0.15) is 6.04 Å². The minimum Gasteiger partial charge on any atom is -0.375 e. The number of hydrogen-bond donors (Lipinski definition) is 3. The van der Waals surface area contributed by atoms with Crippen LogP contribution in [0.5, 0.6) is 0 Å². The summed E-state index contributed by atoms with van der Waals surface area (Å²) in [6.45, 7) is 3.59. The Morgan fingerprint density at radius 3 is 2.91 bits per heavy atom. The van der Waals surface area contributed by atoms with Gasteiger partial charge in [0.05, 0.1) is 12.7 Å². The van der Waals surface area contributed by atoms with Crippen LogP contribution in [0, 0.1) is 0 Å². The third kappa shape index (κ3) is 4.30. The second kappa shape index (κ2) is 7.10. The van der Waals surface area contributed by atoms with Crippen LogP contribution >= 0.6 is 0 Å². The van der Waals surface area contributed by atoms with Crippen molar-refractivity contribution >= 4 is 11.8 Å². The number of morpholine rings is 1. The molecule has 1 saturated carbocycles. The molecule has 1 saturated heterocycles. The normalized spacial score (nSPS) is 24.0. The molecule has 3 N–H and O–H groups in total. The molecule has 0 spiro atoms. The van der Waals surface area contributed by atoms with Gasteiger partial charge in [0.15, 0.2) is 0 Å². The van der Waals surface area contributed by atoms with E-state index in [1.54, 1.807) is 6.07 Å². The van der Waals surface area contributed by atoms with Crippen LogP contribution in [0.15, 0.2) is 24.3 Å². The number of hydrogen-bond acceptors (Lipinski definition) is 4. The average Bonchev–Trinajstić information content (AvgIpc) is 3.37. The predicted octanol–water partition coefficient (Wildman–Crippen LogP) is 0.572. The van der Waals surface area contributed by atoms with Crippen molar-refractivity contribution in [1.82, 2.24) is 16.0 Å². The number of benzene rings is 1. The van der Waals surface area contributed by atoms with E-state index in [1.807, 2.05) is 25.1 Å². The predicted molar refractivity (Wildman–Crippen MR) is 86.0 cm³/mol. The Morgan fingerprint density at radius 2 is 2.17 bits per heavy atom. The molecule has 1 heterocycles. The minimum absolute atomic E-state index is 0.0448. The highest BCUT2D eigenvalue weighted by Crippen LogP contribution is 2.19. The van der Waals surface area contributed by atoms with Crippen molar-refractivity contribution in [2.45, 2.75) is 44.5 Å². The molecule has 23 heavy (non-hydrogen) atoms. The highest BCUT2D eigenvalue weighted by molar-refractivity contribution is 5.94. The fraction of sp³-hybridized carbons (Fsp3) is 0.529. The summed E-state index contributed by atoms with van der Waals surface area (Å²) in [5.41, 5.74) is 1.54. The second-order valence-electron chi connectivity index (χ2n) is 6.17. The molecular weight excluding hydrogens is 294 g/mol. The summed E-state index contributed by atoms with van der Waals surface area (Å²) in [5.74, 6) is -0.123. The number of carbonyl (C=O) groups is 2. The first kappa shape index (κ1) is 16.0. The highest BCUT2D eigenvalue weighted by Gasteiger charge is 2.28. The Balaban J connectivity index is 1.55. The molecule has 6 heteroatoms. The third-order valence-electron chi connectivity index (χ3n) is 4.17. The molecule has 0 unspecified atom stereocenters. The quantitative estimate of drug-likeness (QED) is 0.742. The SMILES string of the molecule is C[C@H]1OCCN[C@@H]1C(=O)NCc1cccc(C(=O)NC2CC2)c1. The molecule has 6 nitrogen and oxygen atoms in total. The van der Waals surface area contributed by atoms with Crippen molar-refractivity contribution in [3.8, 4) is 0 Å². The molecule has 3 rings (SSSR count). The molecule has 0 radical (unpaired) electrons. The van der Waals surface area contributed by atoms with E-state index in [-0.39, 0.29) is 24.0 Å². The topological polar surface area (TPSA) is 79.5 Å². The van der Waals surface area contributed by atoms with Crippen LogP contribution in [0.4, 0.5) is 0 Å². The van der Waals surface area contributed by atoms with Gasteiger partial charge in [-0.05, 0) is 37.5 Å². The third-order valence-corrected chi connectivity index (χ3v) is 4.17. The fourth-order valence-corrected chi connectivity index (χ4v) is 2.65. The minimum atomic E-state index is -0.329. The Hall–Kier alpha value is -1.92. The van der Waals surface area contributed by atoms with Crippen LogP contribution in [0.3, 0.4) is 0 Å². The van der Waals surface area contributed by atoms with E-state index in [9.17, 15) is 9.59 Å². The van der Waals surface area contributed by atoms with Crippen molar-refractivity contribution in [2.75, 3.05) is 13.2 Å². The van der Waals surface area contributed by atoms with Crippen LogP contribution < -0.4 is 16.0 Å². The Bertz CT molecular complexity index is 586. The average molecular weight is 317 g/mol. The van der Waals surface area contributed by atoms with Crippen molar-refractivity contribution < 1.29 is 14.3 Å². The van der Waals surface area contributed by atoms with Crippen LogP contribution in [-0.4, -0.2) is 43.2 Å². The first-order valence-electron chi connectivity index (χ1n) is 8.16. The smallest absolute Gasteiger partial charge is 0.251 e. The summed E-state index contributed by atoms with van der Waals surface area (Å²) in [7, 11) is 0. The number of amides is 2. The summed E-state index contributed by atoms with van der Waals surface area (Å²) in [4.78, 5) is 24.3. The highest BCUT2D eigenvalue weighted by atomic mass is 16.5. The second-order valence-corrected chi connectivity index (χ2v) is 6.17. The summed E-state index contributed by atoms with van der Waals surface area (Å²) >= 11 is 0. The lowest BCUT2D eigenvalue weighted by Gasteiger charge is -2.29. The summed E-state index contributed by atoms with van der Waals surface area (Å²) in [6, 6.07) is 7.37. The largest absolute Gasteiger partial charge is 0.375 e. The Morgan fingerprint density at radius 1 is 1.35 bits per heavy atom. The summed E-state index contributed by atoms with van der Waals surface area (Å²) in [5, 5.41) is 9.03. The van der Waals surface area contributed by atoms with Crippen LogP contribution in [0.2, 0.25) is 0 Å². The van der Waals surface area contributed by atoms with Gasteiger partial charge >= 0.3 is 0 Å². The zero-order valence-corrected chi connectivity index (χ0v) is 13.3. The van der Waals surface area contributed by atoms with Crippen molar-refractivity contribution in [2.24, 2.45) is 0 Å². The molecule has 124 valence electrons. The van der Waals surface area contributed by atoms with Gasteiger partial charge in [-0.3, -0.25) is 9.59 Å². The molecule has 0 bridgehead atoms. The van der Waals surface area contributed by atoms with Gasteiger partial charge in [0.25, 0.3) is 5.91 Å². The van der Waals surface area contributed by atoms with Crippen LogP contribution in [0.25, 0.3) is 0 Å². The molecule has 0 aromatic heterocycles. The number of carbonyl (C=O) groups excluding carboxylic acids is 2. The van der Waals surface area contributed by atoms with E-state index in [0.717, 1.165) is 18.4 Å². The lowest BCUT2D eigenvalue weighted by Crippen LogP contribution is -2.55. The molecule has 1 aliphatic carbocycles. The molecular formula is C17H23N3O3. The van der Waals surface area contributed by atoms with Crippen LogP contribution in [-0.2, 0) is 16.1 Å². The van der Waals surface area contributed by atoms with Gasteiger partial charge in [-0.2, -0.15) is 0 Å². The Kier molecular flexibility index (Phi) is 4.93. The lowest BCUT2D eigenvalue weighted by molar-refractivity contribution is -0.129. The molecule has 2 fully saturated rings. The van der Waals surface area contributed by atoms with Gasteiger partial charge in [-0.1, -0.05) is 12.1 Å². The van der Waals surface area contributed by atoms with E-state index >= 15 is 0 Å². The van der Waals surface area contributed by atoms with Gasteiger partial charge in [-0.15, -0.1) is 0 Å². The monoisotopic (exact) mass is 317 g/mol. The number of rotatable bonds is 5. The maximum atomic E-state index is 12.2. The first-order valence-corrected chi connectivity index (χ1v) is 8.16. The Labute approximate surface area is 136 Å². The fourth-order valence-electron chi connectivity index (χ4n) is 2.65. The van der Waals surface area contributed by atoms with Crippen molar-refractivity contribution in [1.29, 1.82) is 0 Å². The number of nitrogens with one attached hydrogen (secondary N) is 3. The van der Waals surface area contributed by atoms with Crippen LogP contribution in [0.1, 0.15) is 35.7 Å². The molecule has 1 aromatic rings. The van der Waals surface area contributed by atoms with Gasteiger partial charge < -0.3 is 20.7 Å². The van der Waals surface area contributed by atoms with Gasteiger partial charge in [-0.25, -0.2) is 0 Å². The molecule has 1 aliphatic heterocycles. The van der Waals surface area contributed by atoms with E-state index < -0.39 is 0 Å². The molecule has 2 amide bonds. The van der Waals surface area contributed by atoms with E-state index in [1.165, 1.54) is 0 Å². The van der Waals surface area contributed by atoms with Crippen molar-refractivity contribution in [3.05, 3.63) is 35.4 Å². The standard InChI is InChI=1S/C17H23N3O3/c1-11-15(18-7-8-23-11)17(22)19-10-12-3-2-4-13(9-12)16(21)20-14-5-6-14/h2-4,9,11,14-15,18H,5-8,10H2,1H3,(H,19,22)(H,20,21)/t11-,15+/m1/s1. The van der Waals surface area contributed by atoms with Gasteiger partial charge in [0, 0.05) is 24.7 Å². The molecule has 2 aliphatic rings. The van der Waals surface area contributed by atoms with E-state index in [2.05, 4.69) is 16.0 Å². The zero-order valence-electron chi connectivity index (χ0n) is 13.3. The number of ether oxygens (including phenoxy) is 1. The molecule has 1 aromatic carbocycles. The van der Waals surface area contributed by atoms with E-state index in [0.29, 0.717) is 31.3 Å². The first-order chi connectivity index (χ1) is 11.1. The maximum Gasteiger partial charge on any atom is 0.251 e. The van der Waals surface area contributed by atoms with Crippen molar-refractivity contribution in [3.63, 3.8) is 0 Å². The summed E-state index contributed by atoms with van der Waals surface area (Å²) in [6.07, 6.45) is 1.99. The zero-order chi connectivity index (χ0) is 16.2.